The summed E-state index contributed by atoms with van der Waals surface area (Å²) >= 11 is 0. The lowest BCUT2D eigenvalue weighted by Gasteiger charge is -2.17. The lowest BCUT2D eigenvalue weighted by Crippen LogP contribution is -2.02. The topological polar surface area (TPSA) is 74.8 Å². The smallest absolute Gasteiger partial charge is 0.164 e. The molecule has 0 aliphatic rings. The summed E-state index contributed by atoms with van der Waals surface area (Å²) in [5.74, 6) is 1.69. The van der Waals surface area contributed by atoms with Crippen molar-refractivity contribution in [2.45, 2.75) is 0 Å². The Kier molecular flexibility index (Phi) is 8.23. The van der Waals surface area contributed by atoms with Crippen LogP contribution in [0.5, 0.6) is 0 Å². The number of rotatable bonds is 6. The van der Waals surface area contributed by atoms with Gasteiger partial charge < -0.3 is 18.0 Å². The predicted octanol–water partition coefficient (Wildman–Crippen LogP) is 16.5. The molecule has 0 unspecified atom stereocenters. The Hall–Kier alpha value is -9.59. The first-order chi connectivity index (χ1) is 34.7. The molecule has 0 fully saturated rings. The van der Waals surface area contributed by atoms with Crippen LogP contribution in [-0.4, -0.2) is 24.1 Å². The fourth-order valence-electron chi connectivity index (χ4n) is 11.0. The predicted molar refractivity (Wildman–Crippen MR) is 285 cm³/mol. The van der Waals surface area contributed by atoms with Gasteiger partial charge in [-0.25, -0.2) is 15.0 Å². The summed E-state index contributed by atoms with van der Waals surface area (Å²) in [6, 6.07) is 78.6. The van der Waals surface area contributed by atoms with Gasteiger partial charge in [-0.05, 0) is 72.3 Å². The van der Waals surface area contributed by atoms with Gasteiger partial charge >= 0.3 is 0 Å². The van der Waals surface area contributed by atoms with Crippen molar-refractivity contribution in [2.75, 3.05) is 0 Å². The zero-order valence-corrected chi connectivity index (χ0v) is 37.4. The van der Waals surface area contributed by atoms with Gasteiger partial charge in [0.1, 0.15) is 22.3 Å². The number of fused-ring (bicyclic) bond motifs is 12. The molecule has 5 aromatic heterocycles. The Morgan fingerprint density at radius 3 is 1.64 bits per heavy atom. The molecule has 0 saturated heterocycles. The maximum absolute atomic E-state index is 6.40. The molecule has 15 rings (SSSR count). The number of para-hydroxylation sites is 6. The van der Waals surface area contributed by atoms with E-state index < -0.39 is 0 Å². The molecule has 0 radical (unpaired) electrons. The van der Waals surface area contributed by atoms with E-state index in [-0.39, 0.29) is 0 Å². The third-order valence-electron chi connectivity index (χ3n) is 14.0. The minimum atomic E-state index is 0.557. The largest absolute Gasteiger partial charge is 0.456 e. The Morgan fingerprint density at radius 1 is 0.286 bits per heavy atom. The molecule has 10 aromatic carbocycles. The van der Waals surface area contributed by atoms with E-state index in [1.165, 1.54) is 10.8 Å². The number of aromatic nitrogens is 5. The molecule has 0 aliphatic carbocycles. The first-order valence-electron chi connectivity index (χ1n) is 23.5. The highest BCUT2D eigenvalue weighted by atomic mass is 16.3. The molecular formula is C63H37N5O2. The number of furan rings is 2. The van der Waals surface area contributed by atoms with Crippen LogP contribution in [0.2, 0.25) is 0 Å². The summed E-state index contributed by atoms with van der Waals surface area (Å²) in [5, 5.41) is 8.52. The van der Waals surface area contributed by atoms with Crippen LogP contribution in [-0.2, 0) is 0 Å². The summed E-state index contributed by atoms with van der Waals surface area (Å²) in [4.78, 5) is 16.2. The maximum atomic E-state index is 6.40. The van der Waals surface area contributed by atoms with Crippen LogP contribution in [0.4, 0.5) is 0 Å². The van der Waals surface area contributed by atoms with Crippen molar-refractivity contribution in [3.05, 3.63) is 224 Å². The second-order valence-corrected chi connectivity index (χ2v) is 17.9. The highest BCUT2D eigenvalue weighted by molar-refractivity contribution is 6.18. The fraction of sp³-hybridized carbons (Fsp3) is 0. The second kappa shape index (κ2) is 15.0. The number of hydrogen-bond acceptors (Lipinski definition) is 5. The first-order valence-corrected chi connectivity index (χ1v) is 23.5. The van der Waals surface area contributed by atoms with Crippen molar-refractivity contribution >= 4 is 87.5 Å². The van der Waals surface area contributed by atoms with Crippen LogP contribution in [0, 0.1) is 0 Å². The van der Waals surface area contributed by atoms with Crippen LogP contribution in [0.15, 0.2) is 233 Å². The average molecular weight is 896 g/mol. The standard InChI is InChI=1S/C63H37N5O2/c1-2-17-38(18-3-1)40-19-4-9-27-49(40)68-50-28-10-5-20-41(50)43-24-14-31-53(60(43)68)67-51-29-11-6-22-44(51)58-46(25-15-30-52(58)67)62-64-61(39-35-36-56-48(37-39)42-21-7-12-32-54(42)69-56)65-63(66-62)47-26-16-34-57-59(47)45-23-8-13-33-55(45)70-57/h1-37H. The van der Waals surface area contributed by atoms with Gasteiger partial charge in [0.25, 0.3) is 0 Å². The van der Waals surface area contributed by atoms with Gasteiger partial charge in [-0.3, -0.25) is 0 Å². The van der Waals surface area contributed by atoms with E-state index >= 15 is 0 Å². The quantitative estimate of drug-likeness (QED) is 0.166. The van der Waals surface area contributed by atoms with Gasteiger partial charge in [0, 0.05) is 65.3 Å². The van der Waals surface area contributed by atoms with E-state index in [0.717, 1.165) is 116 Å². The molecular weight excluding hydrogens is 859 g/mol. The molecule has 5 heterocycles. The Balaban J connectivity index is 1.01. The van der Waals surface area contributed by atoms with Crippen molar-refractivity contribution in [2.24, 2.45) is 0 Å². The average Bonchev–Trinajstić information content (AvgIpc) is 4.19. The van der Waals surface area contributed by atoms with Gasteiger partial charge in [0.05, 0.1) is 33.4 Å². The van der Waals surface area contributed by atoms with Gasteiger partial charge in [-0.15, -0.1) is 0 Å². The minimum absolute atomic E-state index is 0.557. The van der Waals surface area contributed by atoms with Crippen molar-refractivity contribution < 1.29 is 8.83 Å². The highest BCUT2D eigenvalue weighted by Gasteiger charge is 2.25. The van der Waals surface area contributed by atoms with Crippen molar-refractivity contribution in [1.82, 2.24) is 24.1 Å². The molecule has 7 heteroatoms. The van der Waals surface area contributed by atoms with Crippen LogP contribution >= 0.6 is 0 Å². The van der Waals surface area contributed by atoms with Crippen molar-refractivity contribution in [3.8, 4) is 56.7 Å². The lowest BCUT2D eigenvalue weighted by atomic mass is 10.0. The monoisotopic (exact) mass is 895 g/mol. The highest BCUT2D eigenvalue weighted by Crippen LogP contribution is 2.44. The van der Waals surface area contributed by atoms with Crippen LogP contribution in [0.25, 0.3) is 144 Å². The molecule has 0 aliphatic heterocycles. The third-order valence-corrected chi connectivity index (χ3v) is 14.0. The van der Waals surface area contributed by atoms with Gasteiger partial charge in [0.15, 0.2) is 17.5 Å². The summed E-state index contributed by atoms with van der Waals surface area (Å²) in [6.07, 6.45) is 0. The molecule has 326 valence electrons. The fourth-order valence-corrected chi connectivity index (χ4v) is 11.0. The van der Waals surface area contributed by atoms with Crippen molar-refractivity contribution in [1.29, 1.82) is 0 Å². The van der Waals surface area contributed by atoms with E-state index in [4.69, 9.17) is 23.8 Å². The Labute approximate surface area is 399 Å². The van der Waals surface area contributed by atoms with Crippen LogP contribution in [0.1, 0.15) is 0 Å². The maximum Gasteiger partial charge on any atom is 0.164 e. The number of hydrogen-bond donors (Lipinski definition) is 0. The lowest BCUT2D eigenvalue weighted by molar-refractivity contribution is 0.668. The van der Waals surface area contributed by atoms with E-state index in [9.17, 15) is 0 Å². The molecule has 0 N–H and O–H groups in total. The van der Waals surface area contributed by atoms with Crippen molar-refractivity contribution in [3.63, 3.8) is 0 Å². The van der Waals surface area contributed by atoms with E-state index in [1.807, 2.05) is 60.7 Å². The number of nitrogens with zero attached hydrogens (tertiary/aromatic N) is 5. The van der Waals surface area contributed by atoms with E-state index in [0.29, 0.717) is 17.5 Å². The van der Waals surface area contributed by atoms with E-state index in [2.05, 4.69) is 173 Å². The summed E-state index contributed by atoms with van der Waals surface area (Å²) in [7, 11) is 0. The Bertz CT molecular complexity index is 4610. The molecule has 7 nitrogen and oxygen atoms in total. The summed E-state index contributed by atoms with van der Waals surface area (Å²) < 4.78 is 17.6. The molecule has 0 amide bonds. The minimum Gasteiger partial charge on any atom is -0.456 e. The Morgan fingerprint density at radius 2 is 0.814 bits per heavy atom. The molecule has 70 heavy (non-hydrogen) atoms. The molecule has 0 spiro atoms. The van der Waals surface area contributed by atoms with Crippen LogP contribution in [0.3, 0.4) is 0 Å². The zero-order valence-electron chi connectivity index (χ0n) is 37.4. The summed E-state index contributed by atoms with van der Waals surface area (Å²) in [6.45, 7) is 0. The SMILES string of the molecule is c1ccc(-c2ccccc2-n2c3ccccc3c3cccc(-n4c5ccccc5c5c(-c6nc(-c7ccc8oc9ccccc9c8c7)nc(-c7cccc8oc9ccccc9c78)n6)cccc54)c32)cc1. The molecule has 0 bridgehead atoms. The van der Waals surface area contributed by atoms with Gasteiger partial charge in [0.2, 0.25) is 0 Å². The van der Waals surface area contributed by atoms with Gasteiger partial charge in [-0.2, -0.15) is 0 Å². The van der Waals surface area contributed by atoms with Crippen LogP contribution < -0.4 is 0 Å². The second-order valence-electron chi connectivity index (χ2n) is 17.9. The van der Waals surface area contributed by atoms with Gasteiger partial charge in [-0.1, -0.05) is 158 Å². The third kappa shape index (κ3) is 5.66. The number of benzene rings is 10. The summed E-state index contributed by atoms with van der Waals surface area (Å²) in [5.41, 5.74) is 14.7. The normalized spacial score (nSPS) is 12.0. The molecule has 15 aromatic rings. The first kappa shape index (κ1) is 38.5. The molecule has 0 saturated carbocycles. The van der Waals surface area contributed by atoms with E-state index in [1.54, 1.807) is 0 Å². The zero-order chi connectivity index (χ0) is 45.9. The molecule has 0 atom stereocenters.